The van der Waals surface area contributed by atoms with Crippen molar-refractivity contribution in [3.63, 3.8) is 0 Å². The molecule has 0 spiro atoms. The van der Waals surface area contributed by atoms with E-state index in [1.165, 1.54) is 0 Å². The molecule has 0 radical (unpaired) electrons. The largest absolute Gasteiger partial charge is 0.504 e. The van der Waals surface area contributed by atoms with Crippen molar-refractivity contribution >= 4 is 5.78 Å². The lowest BCUT2D eigenvalue weighted by Gasteiger charge is -2.65. The molecule has 5 nitrogen and oxygen atoms in total. The van der Waals surface area contributed by atoms with Crippen molar-refractivity contribution in [2.75, 3.05) is 26.2 Å². The summed E-state index contributed by atoms with van der Waals surface area (Å²) in [5.74, 6) is 0.257. The van der Waals surface area contributed by atoms with Crippen molar-refractivity contribution in [3.05, 3.63) is 23.8 Å². The van der Waals surface area contributed by atoms with Crippen molar-refractivity contribution in [1.82, 2.24) is 9.80 Å². The van der Waals surface area contributed by atoms with Gasteiger partial charge in [-0.15, -0.1) is 0 Å². The lowest BCUT2D eigenvalue weighted by atomic mass is 9.60. The monoisotopic (exact) mass is 302 g/mol. The lowest BCUT2D eigenvalue weighted by molar-refractivity contribution is -0.200. The van der Waals surface area contributed by atoms with E-state index in [1.807, 2.05) is 6.07 Å². The van der Waals surface area contributed by atoms with Gasteiger partial charge in [-0.05, 0) is 24.1 Å². The van der Waals surface area contributed by atoms with Crippen molar-refractivity contribution in [2.24, 2.45) is 10.8 Å². The van der Waals surface area contributed by atoms with Gasteiger partial charge in [-0.1, -0.05) is 19.9 Å². The third-order valence-electron chi connectivity index (χ3n) is 5.81. The number of aromatic hydroxyl groups is 2. The molecule has 4 saturated heterocycles. The molecule has 4 aliphatic rings. The number of carbonyl (C=O) groups excluding carboxylic acids is 1. The van der Waals surface area contributed by atoms with Crippen LogP contribution in [0.15, 0.2) is 18.2 Å². The summed E-state index contributed by atoms with van der Waals surface area (Å²) in [6.45, 7) is 7.33. The average Bonchev–Trinajstić information content (AvgIpc) is 2.47. The van der Waals surface area contributed by atoms with Gasteiger partial charge in [0.1, 0.15) is 5.78 Å². The zero-order chi connectivity index (χ0) is 15.7. The first-order valence-corrected chi connectivity index (χ1v) is 7.93. The normalized spacial score (nSPS) is 42.8. The molecule has 4 bridgehead atoms. The maximum absolute atomic E-state index is 12.9. The Kier molecular flexibility index (Phi) is 2.70. The fourth-order valence-corrected chi connectivity index (χ4v) is 4.90. The number of Topliss-reactive ketones (excluding diaryl/α,β-unsaturated/α-hetero) is 1. The van der Waals surface area contributed by atoms with E-state index in [4.69, 9.17) is 0 Å². The molecule has 1 aromatic carbocycles. The van der Waals surface area contributed by atoms with Gasteiger partial charge in [0.05, 0.1) is 17.0 Å². The maximum atomic E-state index is 12.9. The molecule has 0 aliphatic carbocycles. The number of ketones is 1. The van der Waals surface area contributed by atoms with Crippen LogP contribution in [0.3, 0.4) is 0 Å². The van der Waals surface area contributed by atoms with Crippen LogP contribution in [0.5, 0.6) is 11.5 Å². The van der Waals surface area contributed by atoms with Crippen LogP contribution < -0.4 is 0 Å². The number of phenolic OH excluding ortho intramolecular Hbond substituents is 2. The van der Waals surface area contributed by atoms with Gasteiger partial charge in [-0.3, -0.25) is 14.6 Å². The summed E-state index contributed by atoms with van der Waals surface area (Å²) in [4.78, 5) is 17.6. The highest BCUT2D eigenvalue weighted by Crippen LogP contribution is 2.53. The molecule has 2 unspecified atom stereocenters. The van der Waals surface area contributed by atoms with Crippen molar-refractivity contribution < 1.29 is 15.0 Å². The molecule has 0 saturated carbocycles. The van der Waals surface area contributed by atoms with Gasteiger partial charge in [0.25, 0.3) is 0 Å². The first-order chi connectivity index (χ1) is 10.4. The highest BCUT2D eigenvalue weighted by Gasteiger charge is 2.63. The van der Waals surface area contributed by atoms with E-state index in [9.17, 15) is 15.0 Å². The number of hydrogen-bond donors (Lipinski definition) is 2. The molecule has 1 aromatic rings. The van der Waals surface area contributed by atoms with Gasteiger partial charge < -0.3 is 10.2 Å². The minimum Gasteiger partial charge on any atom is -0.504 e. The number of nitrogens with zero attached hydrogens (tertiary/aromatic N) is 2. The van der Waals surface area contributed by atoms with E-state index in [1.54, 1.807) is 12.1 Å². The summed E-state index contributed by atoms with van der Waals surface area (Å²) >= 11 is 0. The summed E-state index contributed by atoms with van der Waals surface area (Å²) in [5, 5.41) is 19.3. The molecule has 22 heavy (non-hydrogen) atoms. The second-order valence-electron chi connectivity index (χ2n) is 7.46. The average molecular weight is 302 g/mol. The Balaban J connectivity index is 1.75. The third-order valence-corrected chi connectivity index (χ3v) is 5.81. The van der Waals surface area contributed by atoms with Gasteiger partial charge in [0.15, 0.2) is 11.5 Å². The zero-order valence-electron chi connectivity index (χ0n) is 13.0. The van der Waals surface area contributed by atoms with Crippen molar-refractivity contribution in [1.29, 1.82) is 0 Å². The SMILES string of the molecule is CCC12CN3CC(C)(CN(C1)C3c1ccc(O)c(O)c1)C2=O. The minimum absolute atomic E-state index is 0.0822. The Bertz CT molecular complexity index is 641. The highest BCUT2D eigenvalue weighted by molar-refractivity contribution is 5.93. The van der Waals surface area contributed by atoms with Crippen LogP contribution in [0, 0.1) is 10.8 Å². The fourth-order valence-electron chi connectivity index (χ4n) is 4.90. The number of carbonyl (C=O) groups is 1. The summed E-state index contributed by atoms with van der Waals surface area (Å²) in [7, 11) is 0. The van der Waals surface area contributed by atoms with Crippen LogP contribution in [0.2, 0.25) is 0 Å². The summed E-state index contributed by atoms with van der Waals surface area (Å²) in [6.07, 6.45) is 0.967. The molecule has 0 amide bonds. The van der Waals surface area contributed by atoms with Crippen LogP contribution in [0.25, 0.3) is 0 Å². The molecule has 5 heteroatoms. The van der Waals surface area contributed by atoms with Crippen LogP contribution in [-0.2, 0) is 4.79 Å². The van der Waals surface area contributed by atoms with Crippen molar-refractivity contribution in [3.8, 4) is 11.5 Å². The van der Waals surface area contributed by atoms with Gasteiger partial charge in [-0.2, -0.15) is 0 Å². The van der Waals surface area contributed by atoms with E-state index in [-0.39, 0.29) is 28.5 Å². The Morgan fingerprint density at radius 1 is 1.14 bits per heavy atom. The predicted octanol–water partition coefficient (Wildman–Crippen LogP) is 1.71. The van der Waals surface area contributed by atoms with Crippen LogP contribution in [-0.4, -0.2) is 52.0 Å². The summed E-state index contributed by atoms with van der Waals surface area (Å²) in [6, 6.07) is 5.05. The van der Waals surface area contributed by atoms with Gasteiger partial charge in [0.2, 0.25) is 0 Å². The van der Waals surface area contributed by atoms with Crippen LogP contribution in [0.4, 0.5) is 0 Å². The molecule has 5 rings (SSSR count). The predicted molar refractivity (Wildman–Crippen MR) is 81.5 cm³/mol. The molecular weight excluding hydrogens is 280 g/mol. The molecule has 4 aliphatic heterocycles. The first kappa shape index (κ1) is 14.0. The molecule has 0 aromatic heterocycles. The molecular formula is C17H22N2O3. The number of benzene rings is 1. The number of hydrogen-bond acceptors (Lipinski definition) is 5. The number of phenols is 2. The Hall–Kier alpha value is -1.59. The van der Waals surface area contributed by atoms with E-state index in [0.717, 1.165) is 38.2 Å². The molecule has 4 heterocycles. The van der Waals surface area contributed by atoms with Gasteiger partial charge in [0, 0.05) is 26.2 Å². The third kappa shape index (κ3) is 1.64. The standard InChI is InChI=1S/C17H22N2O3/c1-3-17-9-18-7-16(2,15(17)22)8-19(10-17)14(18)11-4-5-12(20)13(21)6-11/h4-6,14,20-21H,3,7-10H2,1-2H3. The summed E-state index contributed by atoms with van der Waals surface area (Å²) in [5.41, 5.74) is 0.472. The van der Waals surface area contributed by atoms with E-state index in [2.05, 4.69) is 23.6 Å². The molecule has 2 N–H and O–H groups in total. The van der Waals surface area contributed by atoms with Gasteiger partial charge >= 0.3 is 0 Å². The lowest BCUT2D eigenvalue weighted by Crippen LogP contribution is -2.75. The molecule has 2 atom stereocenters. The second kappa shape index (κ2) is 4.24. The number of rotatable bonds is 2. The van der Waals surface area contributed by atoms with E-state index >= 15 is 0 Å². The highest BCUT2D eigenvalue weighted by atomic mass is 16.3. The minimum atomic E-state index is -0.276. The first-order valence-electron chi connectivity index (χ1n) is 7.93. The fraction of sp³-hybridized carbons (Fsp3) is 0.588. The topological polar surface area (TPSA) is 64.0 Å². The van der Waals surface area contributed by atoms with Gasteiger partial charge in [-0.25, -0.2) is 0 Å². The Morgan fingerprint density at radius 3 is 2.32 bits per heavy atom. The Morgan fingerprint density at radius 2 is 1.77 bits per heavy atom. The van der Waals surface area contributed by atoms with Crippen LogP contribution in [0.1, 0.15) is 32.0 Å². The molecule has 4 fully saturated rings. The molecule has 118 valence electrons. The zero-order valence-corrected chi connectivity index (χ0v) is 13.0. The quantitative estimate of drug-likeness (QED) is 0.814. The summed E-state index contributed by atoms with van der Waals surface area (Å²) < 4.78 is 0. The van der Waals surface area contributed by atoms with E-state index < -0.39 is 0 Å². The smallest absolute Gasteiger partial charge is 0.157 e. The Labute approximate surface area is 130 Å². The second-order valence-corrected chi connectivity index (χ2v) is 7.46. The van der Waals surface area contributed by atoms with Crippen LogP contribution >= 0.6 is 0 Å². The van der Waals surface area contributed by atoms with E-state index in [0.29, 0.717) is 5.78 Å². The van der Waals surface area contributed by atoms with Crippen molar-refractivity contribution in [2.45, 2.75) is 26.4 Å². The number of piperidine rings is 2. The maximum Gasteiger partial charge on any atom is 0.157 e.